The quantitative estimate of drug-likeness (QED) is 0.180. The third-order valence-electron chi connectivity index (χ3n) is 13.8. The number of nitrogens with zero attached hydrogens (tertiary/aromatic N) is 4. The van der Waals surface area contributed by atoms with Gasteiger partial charge in [0.15, 0.2) is 17.5 Å². The van der Waals surface area contributed by atoms with Crippen molar-refractivity contribution in [1.82, 2.24) is 19.5 Å². The molecule has 0 fully saturated rings. The first-order valence-corrected chi connectivity index (χ1v) is 20.4. The molecule has 0 saturated carbocycles. The van der Waals surface area contributed by atoms with Crippen molar-refractivity contribution in [2.24, 2.45) is 0 Å². The number of rotatable bonds is 4. The molecule has 0 amide bonds. The lowest BCUT2D eigenvalue weighted by Gasteiger charge is -2.48. The van der Waals surface area contributed by atoms with E-state index < -0.39 is 0 Å². The van der Waals surface area contributed by atoms with E-state index in [1.54, 1.807) is 0 Å². The molecule has 2 aromatic heterocycles. The summed E-state index contributed by atoms with van der Waals surface area (Å²) in [5.74, 6) is 1.96. The van der Waals surface area contributed by atoms with E-state index >= 15 is 0 Å². The number of fused-ring (bicyclic) bond motifs is 10. The molecule has 0 N–H and O–H groups in total. The van der Waals surface area contributed by atoms with Crippen molar-refractivity contribution < 1.29 is 0 Å². The molecule has 2 aliphatic carbocycles. The van der Waals surface area contributed by atoms with Crippen molar-refractivity contribution >= 4 is 21.8 Å². The van der Waals surface area contributed by atoms with Crippen LogP contribution >= 0.6 is 0 Å². The lowest BCUT2D eigenvalue weighted by Crippen LogP contribution is -2.43. The Morgan fingerprint density at radius 2 is 0.966 bits per heavy atom. The Bertz CT molecular complexity index is 3150. The molecule has 9 aromatic rings. The van der Waals surface area contributed by atoms with Crippen LogP contribution in [0.3, 0.4) is 0 Å². The van der Waals surface area contributed by atoms with Crippen LogP contribution in [0.25, 0.3) is 83.9 Å². The zero-order valence-corrected chi connectivity index (χ0v) is 33.8. The maximum absolute atomic E-state index is 5.27. The van der Waals surface area contributed by atoms with Crippen molar-refractivity contribution in [3.63, 3.8) is 0 Å². The molecule has 0 radical (unpaired) electrons. The highest BCUT2D eigenvalue weighted by Crippen LogP contribution is 2.57. The van der Waals surface area contributed by atoms with Crippen LogP contribution in [0, 0.1) is 0 Å². The Kier molecular flexibility index (Phi) is 7.26. The number of benzene rings is 7. The van der Waals surface area contributed by atoms with Crippen LogP contribution in [0.1, 0.15) is 63.8 Å². The summed E-state index contributed by atoms with van der Waals surface area (Å²) in [6.07, 6.45) is 0. The summed E-state index contributed by atoms with van der Waals surface area (Å²) >= 11 is 0. The topological polar surface area (TPSA) is 43.6 Å². The van der Waals surface area contributed by atoms with Gasteiger partial charge in [0.2, 0.25) is 0 Å². The van der Waals surface area contributed by atoms with Crippen LogP contribution in [0.5, 0.6) is 0 Å². The Morgan fingerprint density at radius 1 is 0.397 bits per heavy atom. The van der Waals surface area contributed by atoms with Crippen LogP contribution in [-0.4, -0.2) is 19.5 Å². The first-order chi connectivity index (χ1) is 28.0. The number of aromatic nitrogens is 4. The molecule has 0 atom stereocenters. The van der Waals surface area contributed by atoms with E-state index in [4.69, 9.17) is 15.0 Å². The summed E-state index contributed by atoms with van der Waals surface area (Å²) < 4.78 is 2.49. The molecular weight excluding hydrogens is 705 g/mol. The average Bonchev–Trinajstić information content (AvgIpc) is 3.71. The molecule has 0 saturated heterocycles. The van der Waals surface area contributed by atoms with Gasteiger partial charge < -0.3 is 4.57 Å². The number of para-hydroxylation sites is 1. The summed E-state index contributed by atoms with van der Waals surface area (Å²) in [5, 5.41) is 2.51. The van der Waals surface area contributed by atoms with Crippen LogP contribution in [0.2, 0.25) is 0 Å². The molecule has 280 valence electrons. The minimum atomic E-state index is -0.181. The van der Waals surface area contributed by atoms with E-state index in [9.17, 15) is 0 Å². The smallest absolute Gasteiger partial charge is 0.164 e. The minimum Gasteiger partial charge on any atom is -0.309 e. The van der Waals surface area contributed by atoms with Gasteiger partial charge in [0, 0.05) is 44.0 Å². The Hall–Kier alpha value is -6.65. The second-order valence-corrected chi connectivity index (χ2v) is 17.7. The number of hydrogen-bond donors (Lipinski definition) is 0. The van der Waals surface area contributed by atoms with Crippen molar-refractivity contribution in [2.45, 2.75) is 57.8 Å². The first kappa shape index (κ1) is 34.6. The van der Waals surface area contributed by atoms with E-state index in [1.165, 1.54) is 66.3 Å². The monoisotopic (exact) mass is 748 g/mol. The molecule has 7 aromatic carbocycles. The molecule has 58 heavy (non-hydrogen) atoms. The lowest BCUT2D eigenvalue weighted by atomic mass is 9.55. The molecule has 0 unspecified atom stereocenters. The predicted octanol–water partition coefficient (Wildman–Crippen LogP) is 13.5. The van der Waals surface area contributed by atoms with Gasteiger partial charge in [0.05, 0.1) is 11.0 Å². The summed E-state index contributed by atoms with van der Waals surface area (Å²) in [6, 6.07) is 57.0. The zero-order chi connectivity index (χ0) is 39.6. The molecule has 4 heteroatoms. The fraction of sp³-hybridized carbons (Fsp3) is 0.167. The maximum atomic E-state index is 5.27. The van der Waals surface area contributed by atoms with Gasteiger partial charge in [0.25, 0.3) is 0 Å². The molecule has 0 aliphatic heterocycles. The van der Waals surface area contributed by atoms with E-state index in [2.05, 4.69) is 186 Å². The SMILES string of the molecule is CC1(C)c2ccccc2-c2ccc(-c3nc(-c4ccccc4)nc(-c4cccc(-n5c6ccccc6c6ccc7c(c65)C(C)(C)C(C)(C)c5ccccc5-7)c4)n3)cc21. The molecule has 0 bridgehead atoms. The van der Waals surface area contributed by atoms with Crippen molar-refractivity contribution in [2.75, 3.05) is 0 Å². The van der Waals surface area contributed by atoms with Crippen molar-refractivity contribution in [1.29, 1.82) is 0 Å². The third-order valence-corrected chi connectivity index (χ3v) is 13.8. The largest absolute Gasteiger partial charge is 0.309 e. The normalized spacial score (nSPS) is 15.5. The van der Waals surface area contributed by atoms with Crippen LogP contribution in [0.15, 0.2) is 158 Å². The second kappa shape index (κ2) is 12.2. The van der Waals surface area contributed by atoms with Crippen LogP contribution < -0.4 is 0 Å². The molecule has 2 heterocycles. The number of hydrogen-bond acceptors (Lipinski definition) is 3. The summed E-state index contributed by atoms with van der Waals surface area (Å²) in [5.41, 5.74) is 16.6. The van der Waals surface area contributed by atoms with Gasteiger partial charge in [-0.1, -0.05) is 175 Å². The highest BCUT2D eigenvalue weighted by atomic mass is 15.0. The Morgan fingerprint density at radius 3 is 1.72 bits per heavy atom. The lowest BCUT2D eigenvalue weighted by molar-refractivity contribution is 0.301. The van der Waals surface area contributed by atoms with E-state index in [1.807, 2.05) is 18.2 Å². The van der Waals surface area contributed by atoms with E-state index in [0.29, 0.717) is 17.5 Å². The van der Waals surface area contributed by atoms with Gasteiger partial charge in [-0.05, 0) is 74.2 Å². The summed E-state index contributed by atoms with van der Waals surface area (Å²) in [4.78, 5) is 15.6. The van der Waals surface area contributed by atoms with Crippen LogP contribution in [0.4, 0.5) is 0 Å². The molecule has 0 spiro atoms. The van der Waals surface area contributed by atoms with Gasteiger partial charge in [0.1, 0.15) is 0 Å². The first-order valence-electron chi connectivity index (χ1n) is 20.4. The molecule has 2 aliphatic rings. The molecular formula is C54H44N4. The Balaban J connectivity index is 1.13. The standard InChI is InChI=1S/C54H44N4/c1-52(2)43-24-13-10-21-37(43)39-28-27-35(32-45(39)52)51-56-49(33-17-8-7-9-18-33)55-50(57-51)34-19-16-20-36(31-34)58-46-26-15-12-23-40(46)42-30-29-41-38-22-11-14-25-44(38)53(3,4)54(5,6)47(41)48(42)58/h7-32H,1-6H3. The summed E-state index contributed by atoms with van der Waals surface area (Å²) in [6.45, 7) is 14.3. The van der Waals surface area contributed by atoms with Crippen LogP contribution in [-0.2, 0) is 16.2 Å². The minimum absolute atomic E-state index is 0.112. The van der Waals surface area contributed by atoms with E-state index in [0.717, 1.165) is 22.4 Å². The molecule has 11 rings (SSSR count). The third kappa shape index (κ3) is 4.78. The van der Waals surface area contributed by atoms with Gasteiger partial charge >= 0.3 is 0 Å². The second-order valence-electron chi connectivity index (χ2n) is 17.7. The summed E-state index contributed by atoms with van der Waals surface area (Å²) in [7, 11) is 0. The average molecular weight is 749 g/mol. The molecule has 4 nitrogen and oxygen atoms in total. The predicted molar refractivity (Wildman–Crippen MR) is 240 cm³/mol. The fourth-order valence-corrected chi connectivity index (χ4v) is 10.1. The van der Waals surface area contributed by atoms with Gasteiger partial charge in [-0.25, -0.2) is 15.0 Å². The van der Waals surface area contributed by atoms with Gasteiger partial charge in [-0.2, -0.15) is 0 Å². The van der Waals surface area contributed by atoms with Gasteiger partial charge in [-0.3, -0.25) is 0 Å². The van der Waals surface area contributed by atoms with Gasteiger partial charge in [-0.15, -0.1) is 0 Å². The van der Waals surface area contributed by atoms with Crippen molar-refractivity contribution in [3.8, 4) is 62.1 Å². The fourth-order valence-electron chi connectivity index (χ4n) is 10.1. The highest BCUT2D eigenvalue weighted by molar-refractivity contribution is 6.12. The van der Waals surface area contributed by atoms with E-state index in [-0.39, 0.29) is 16.2 Å². The Labute approximate surface area is 339 Å². The maximum Gasteiger partial charge on any atom is 0.164 e. The van der Waals surface area contributed by atoms with Crippen molar-refractivity contribution in [3.05, 3.63) is 180 Å². The zero-order valence-electron chi connectivity index (χ0n) is 33.8. The highest BCUT2D eigenvalue weighted by Gasteiger charge is 2.47.